The van der Waals surface area contributed by atoms with Gasteiger partial charge in [-0.25, -0.2) is 28.7 Å². The Morgan fingerprint density at radius 1 is 1.18 bits per heavy atom. The smallest absolute Gasteiger partial charge is 0.291 e. The second-order valence-corrected chi connectivity index (χ2v) is 5.92. The minimum absolute atomic E-state index is 0.0361. The molecule has 0 bridgehead atoms. The van der Waals surface area contributed by atoms with Crippen molar-refractivity contribution in [3.8, 4) is 11.5 Å². The summed E-state index contributed by atoms with van der Waals surface area (Å²) >= 11 is 0. The van der Waals surface area contributed by atoms with Gasteiger partial charge >= 0.3 is 0 Å². The van der Waals surface area contributed by atoms with E-state index < -0.39 is 5.91 Å². The topological polar surface area (TPSA) is 103 Å². The van der Waals surface area contributed by atoms with E-state index in [1.165, 1.54) is 27.8 Å². The Balaban J connectivity index is 1.43. The van der Waals surface area contributed by atoms with Gasteiger partial charge in [0, 0.05) is 12.7 Å². The Kier molecular flexibility index (Phi) is 4.58. The van der Waals surface area contributed by atoms with E-state index in [0.717, 1.165) is 5.56 Å². The van der Waals surface area contributed by atoms with Gasteiger partial charge in [0.1, 0.15) is 24.3 Å². The molecule has 3 aromatic heterocycles. The van der Waals surface area contributed by atoms with E-state index in [4.69, 9.17) is 0 Å². The van der Waals surface area contributed by atoms with Gasteiger partial charge in [0.2, 0.25) is 5.82 Å². The first-order chi connectivity index (χ1) is 13.6. The first kappa shape index (κ1) is 17.5. The lowest BCUT2D eigenvalue weighted by Gasteiger charge is -2.04. The molecule has 1 N–H and O–H groups in total. The van der Waals surface area contributed by atoms with Crippen LogP contribution in [0.5, 0.6) is 0 Å². The van der Waals surface area contributed by atoms with E-state index in [1.54, 1.807) is 37.6 Å². The second-order valence-electron chi connectivity index (χ2n) is 5.92. The third-order valence-electron chi connectivity index (χ3n) is 3.96. The minimum Gasteiger partial charge on any atom is -0.345 e. The molecule has 10 heteroatoms. The lowest BCUT2D eigenvalue weighted by atomic mass is 10.3. The van der Waals surface area contributed by atoms with Gasteiger partial charge < -0.3 is 5.32 Å². The van der Waals surface area contributed by atoms with Crippen molar-refractivity contribution in [2.24, 2.45) is 0 Å². The first-order valence-electron chi connectivity index (χ1n) is 8.38. The molecule has 1 amide bonds. The fraction of sp³-hybridized carbons (Fsp3) is 0.111. The van der Waals surface area contributed by atoms with Gasteiger partial charge in [-0.05, 0) is 42.8 Å². The number of nitrogens with one attached hydrogen (secondary N) is 1. The van der Waals surface area contributed by atoms with Crippen LogP contribution in [-0.2, 0) is 6.54 Å². The fourth-order valence-corrected chi connectivity index (χ4v) is 2.56. The lowest BCUT2D eigenvalue weighted by Crippen LogP contribution is -2.24. The number of benzene rings is 1. The number of amides is 1. The second kappa shape index (κ2) is 7.35. The molecule has 4 rings (SSSR count). The van der Waals surface area contributed by atoms with Crippen molar-refractivity contribution in [2.45, 2.75) is 13.5 Å². The number of aromatic nitrogens is 7. The highest BCUT2D eigenvalue weighted by Gasteiger charge is 2.15. The highest BCUT2D eigenvalue weighted by Crippen LogP contribution is 2.11. The molecular formula is C18H15FN8O. The number of pyridine rings is 1. The first-order valence-corrected chi connectivity index (χ1v) is 8.38. The summed E-state index contributed by atoms with van der Waals surface area (Å²) in [6, 6.07) is 9.41. The van der Waals surface area contributed by atoms with Crippen LogP contribution in [0, 0.1) is 12.7 Å². The number of hydrogen-bond acceptors (Lipinski definition) is 6. The van der Waals surface area contributed by atoms with Gasteiger partial charge in [0.15, 0.2) is 5.82 Å². The van der Waals surface area contributed by atoms with Crippen LogP contribution in [0.4, 0.5) is 4.39 Å². The zero-order valence-corrected chi connectivity index (χ0v) is 14.8. The van der Waals surface area contributed by atoms with Crippen molar-refractivity contribution >= 4 is 5.91 Å². The summed E-state index contributed by atoms with van der Waals surface area (Å²) in [6.45, 7) is 1.99. The summed E-state index contributed by atoms with van der Waals surface area (Å²) in [5.74, 6) is 0.430. The number of carbonyl (C=O) groups is 1. The molecule has 0 unspecified atom stereocenters. The highest BCUT2D eigenvalue weighted by atomic mass is 19.1. The molecule has 1 aromatic carbocycles. The third-order valence-corrected chi connectivity index (χ3v) is 3.96. The van der Waals surface area contributed by atoms with Crippen LogP contribution in [0.3, 0.4) is 0 Å². The maximum Gasteiger partial charge on any atom is 0.291 e. The predicted molar refractivity (Wildman–Crippen MR) is 96.4 cm³/mol. The SMILES string of the molecule is Cc1nc(C(=O)NCc2ccc(-n3cncn3)nc2)nn1-c1ccc(F)cc1. The Morgan fingerprint density at radius 3 is 2.68 bits per heavy atom. The predicted octanol–water partition coefficient (Wildman–Crippen LogP) is 1.62. The zero-order chi connectivity index (χ0) is 19.5. The molecule has 0 aliphatic carbocycles. The van der Waals surface area contributed by atoms with Crippen LogP contribution in [0.15, 0.2) is 55.2 Å². The van der Waals surface area contributed by atoms with Gasteiger partial charge in [-0.2, -0.15) is 5.10 Å². The molecule has 0 atom stereocenters. The summed E-state index contributed by atoms with van der Waals surface area (Å²) in [5.41, 5.74) is 1.44. The van der Waals surface area contributed by atoms with Gasteiger partial charge in [-0.15, -0.1) is 5.10 Å². The van der Waals surface area contributed by atoms with Crippen molar-refractivity contribution in [3.05, 3.63) is 78.3 Å². The number of halogens is 1. The van der Waals surface area contributed by atoms with E-state index in [0.29, 0.717) is 17.3 Å². The standard InChI is InChI=1S/C18H15FN8O/c1-12-24-17(25-27(12)15-5-3-14(19)4-6-15)18(28)22-9-13-2-7-16(21-8-13)26-11-20-10-23-26/h2-8,10-11H,9H2,1H3,(H,22,28). The van der Waals surface area contributed by atoms with Crippen molar-refractivity contribution in [3.63, 3.8) is 0 Å². The van der Waals surface area contributed by atoms with Crippen LogP contribution >= 0.6 is 0 Å². The van der Waals surface area contributed by atoms with Gasteiger partial charge in [0.05, 0.1) is 5.69 Å². The van der Waals surface area contributed by atoms with E-state index in [9.17, 15) is 9.18 Å². The normalized spacial score (nSPS) is 10.8. The van der Waals surface area contributed by atoms with Crippen LogP contribution in [0.1, 0.15) is 22.0 Å². The summed E-state index contributed by atoms with van der Waals surface area (Å²) in [5, 5.41) is 11.0. The lowest BCUT2D eigenvalue weighted by molar-refractivity contribution is 0.0940. The molecule has 0 spiro atoms. The highest BCUT2D eigenvalue weighted by molar-refractivity contribution is 5.90. The largest absolute Gasteiger partial charge is 0.345 e. The minimum atomic E-state index is -0.413. The number of hydrogen-bond donors (Lipinski definition) is 1. The van der Waals surface area contributed by atoms with Crippen LogP contribution in [0.25, 0.3) is 11.5 Å². The average Bonchev–Trinajstić information content (AvgIpc) is 3.37. The van der Waals surface area contributed by atoms with Crippen molar-refractivity contribution in [2.75, 3.05) is 0 Å². The maximum absolute atomic E-state index is 13.1. The summed E-state index contributed by atoms with van der Waals surface area (Å²) in [7, 11) is 0. The molecule has 0 aliphatic rings. The molecule has 0 aliphatic heterocycles. The Morgan fingerprint density at radius 2 is 2.00 bits per heavy atom. The van der Waals surface area contributed by atoms with Gasteiger partial charge in [-0.3, -0.25) is 4.79 Å². The summed E-state index contributed by atoms with van der Waals surface area (Å²) < 4.78 is 16.1. The molecule has 3 heterocycles. The van der Waals surface area contributed by atoms with Crippen molar-refractivity contribution < 1.29 is 9.18 Å². The summed E-state index contributed by atoms with van der Waals surface area (Å²) in [4.78, 5) is 24.7. The number of rotatable bonds is 5. The van der Waals surface area contributed by atoms with Crippen LogP contribution in [0.2, 0.25) is 0 Å². The molecule has 140 valence electrons. The maximum atomic E-state index is 13.1. The molecule has 0 radical (unpaired) electrons. The fourth-order valence-electron chi connectivity index (χ4n) is 2.56. The van der Waals surface area contributed by atoms with E-state index in [1.807, 2.05) is 6.07 Å². The third kappa shape index (κ3) is 3.61. The summed E-state index contributed by atoms with van der Waals surface area (Å²) in [6.07, 6.45) is 4.62. The molecule has 0 saturated heterocycles. The number of nitrogens with zero attached hydrogens (tertiary/aromatic N) is 7. The molecule has 9 nitrogen and oxygen atoms in total. The zero-order valence-electron chi connectivity index (χ0n) is 14.8. The molecule has 0 fully saturated rings. The van der Waals surface area contributed by atoms with E-state index in [2.05, 4.69) is 30.5 Å². The van der Waals surface area contributed by atoms with E-state index >= 15 is 0 Å². The quantitative estimate of drug-likeness (QED) is 0.566. The Labute approximate surface area is 158 Å². The monoisotopic (exact) mass is 378 g/mol. The van der Waals surface area contributed by atoms with E-state index in [-0.39, 0.29) is 18.2 Å². The average molecular weight is 378 g/mol. The molecule has 0 saturated carbocycles. The van der Waals surface area contributed by atoms with Crippen LogP contribution in [-0.4, -0.2) is 40.4 Å². The Hall–Kier alpha value is -3.95. The van der Waals surface area contributed by atoms with Gasteiger partial charge in [0.25, 0.3) is 5.91 Å². The van der Waals surface area contributed by atoms with Crippen molar-refractivity contribution in [1.82, 2.24) is 39.8 Å². The molecular weight excluding hydrogens is 363 g/mol. The molecule has 4 aromatic rings. The van der Waals surface area contributed by atoms with Crippen molar-refractivity contribution in [1.29, 1.82) is 0 Å². The number of carbonyl (C=O) groups excluding carboxylic acids is 1. The van der Waals surface area contributed by atoms with Gasteiger partial charge in [-0.1, -0.05) is 6.07 Å². The van der Waals surface area contributed by atoms with Crippen LogP contribution < -0.4 is 5.32 Å². The molecule has 28 heavy (non-hydrogen) atoms. The Bertz CT molecular complexity index is 1090. The number of aryl methyl sites for hydroxylation is 1.